The molecule has 3 N–H and O–H groups in total. The number of carboxylic acid groups (broad SMARTS) is 1. The number of aromatic hydroxyl groups is 3. The van der Waals surface area contributed by atoms with Gasteiger partial charge in [0.05, 0.1) is 5.97 Å². The van der Waals surface area contributed by atoms with Gasteiger partial charge in [0.1, 0.15) is 0 Å². The average Bonchev–Trinajstić information content (AvgIpc) is 1.99. The van der Waals surface area contributed by atoms with E-state index in [1.165, 1.54) is 0 Å². The Morgan fingerprint density at radius 2 is 1.57 bits per heavy atom. The van der Waals surface area contributed by atoms with Crippen molar-refractivity contribution in [2.24, 2.45) is 0 Å². The van der Waals surface area contributed by atoms with Gasteiger partial charge in [-0.25, -0.2) is 0 Å². The minimum absolute atomic E-state index is 0. The minimum atomic E-state index is -1.54. The number of hydrogen-bond donors (Lipinski definition) is 3. The summed E-state index contributed by atoms with van der Waals surface area (Å²) in [4.78, 5) is 10.2. The summed E-state index contributed by atoms with van der Waals surface area (Å²) < 4.78 is 0. The molecule has 1 aromatic carbocycles. The maximum absolute atomic E-state index is 10.2. The zero-order valence-corrected chi connectivity index (χ0v) is 12.9. The van der Waals surface area contributed by atoms with E-state index < -0.39 is 28.8 Å². The van der Waals surface area contributed by atoms with E-state index in [-0.39, 0.29) is 82.4 Å². The van der Waals surface area contributed by atoms with Crippen LogP contribution in [0.15, 0.2) is 12.1 Å². The first-order valence-electron chi connectivity index (χ1n) is 2.98. The quantitative estimate of drug-likeness (QED) is 0.330. The van der Waals surface area contributed by atoms with Gasteiger partial charge in [-0.3, -0.25) is 0 Å². The van der Waals surface area contributed by atoms with Gasteiger partial charge >= 0.3 is 80.9 Å². The average molecular weight is 232 g/mol. The van der Waals surface area contributed by atoms with E-state index in [1.54, 1.807) is 0 Å². The number of hydrogen-bond acceptors (Lipinski definition) is 5. The summed E-state index contributed by atoms with van der Waals surface area (Å²) in [5.74, 6) is -3.69. The monoisotopic (exact) mass is 232 g/mol. The van der Waals surface area contributed by atoms with Crippen molar-refractivity contribution in [2.75, 3.05) is 0 Å². The van der Waals surface area contributed by atoms with Gasteiger partial charge in [-0.1, -0.05) is 0 Å². The Morgan fingerprint density at radius 3 is 1.86 bits per heavy atom. The predicted molar refractivity (Wildman–Crippen MR) is 36.9 cm³/mol. The second-order valence-electron chi connectivity index (χ2n) is 2.15. The Morgan fingerprint density at radius 1 is 1.21 bits per heavy atom. The van der Waals surface area contributed by atoms with Gasteiger partial charge in [-0.15, -0.1) is 0 Å². The van der Waals surface area contributed by atoms with Crippen LogP contribution in [0.1, 0.15) is 11.8 Å². The van der Waals surface area contributed by atoms with Crippen LogP contribution in [0.25, 0.3) is 0 Å². The second kappa shape index (κ2) is 7.07. The van der Waals surface area contributed by atoms with Crippen molar-refractivity contribution in [3.05, 3.63) is 17.7 Å². The van der Waals surface area contributed by atoms with Crippen molar-refractivity contribution in [1.82, 2.24) is 0 Å². The Bertz CT molecular complexity index is 323. The standard InChI is InChI=1S/C7H6O5.K.Na.H/c8-4-1-3(7(11)12)2-5(9)6(4)10;;;/h1-2,8-10H,(H,11,12);;;/q;2*+1;-1/p-1. The summed E-state index contributed by atoms with van der Waals surface area (Å²) in [7, 11) is 0. The van der Waals surface area contributed by atoms with Gasteiger partial charge in [-0.05, 0) is 12.1 Å². The maximum Gasteiger partial charge on any atom is 1.00 e. The molecule has 1 aromatic rings. The molecular weight excluding hydrogens is 226 g/mol. The Hall–Kier alpha value is 0.726. The van der Waals surface area contributed by atoms with Crippen LogP contribution >= 0.6 is 0 Å². The molecule has 0 saturated carbocycles. The van der Waals surface area contributed by atoms with Crippen molar-refractivity contribution in [3.8, 4) is 17.2 Å². The van der Waals surface area contributed by atoms with Crippen LogP contribution in [0.5, 0.6) is 17.2 Å². The Balaban J connectivity index is -0.000000480. The molecule has 0 aromatic heterocycles. The number of carbonyl (C=O) groups excluding carboxylic acids is 1. The number of phenolic OH excluding ortho intramolecular Hbond substituents is 3. The number of aromatic carboxylic acids is 1. The van der Waals surface area contributed by atoms with Crippen molar-refractivity contribution >= 4 is 5.97 Å². The number of carboxylic acids is 1. The van der Waals surface area contributed by atoms with Crippen molar-refractivity contribution < 1.29 is 108 Å². The van der Waals surface area contributed by atoms with E-state index in [1.807, 2.05) is 0 Å². The first-order valence-corrected chi connectivity index (χ1v) is 2.98. The molecule has 66 valence electrons. The molecule has 0 heterocycles. The molecule has 0 atom stereocenters. The van der Waals surface area contributed by atoms with Crippen LogP contribution in [-0.4, -0.2) is 21.3 Å². The van der Waals surface area contributed by atoms with E-state index in [2.05, 4.69) is 0 Å². The fourth-order valence-electron chi connectivity index (χ4n) is 0.722. The first-order chi connectivity index (χ1) is 5.52. The molecule has 7 heteroatoms. The summed E-state index contributed by atoms with van der Waals surface area (Å²) in [6.45, 7) is 0. The number of phenols is 3. The van der Waals surface area contributed by atoms with Gasteiger partial charge in [0.2, 0.25) is 0 Å². The largest absolute Gasteiger partial charge is 1.00 e. The SMILES string of the molecule is O=C([O-])c1cc(O)c(O)c(O)c1.[H-].[K+].[Na+]. The van der Waals surface area contributed by atoms with Gasteiger partial charge in [0.15, 0.2) is 17.2 Å². The number of rotatable bonds is 1. The summed E-state index contributed by atoms with van der Waals surface area (Å²) in [6, 6.07) is 1.56. The molecule has 0 aliphatic heterocycles. The third kappa shape index (κ3) is 4.07. The molecule has 0 aliphatic rings. The molecule has 0 unspecified atom stereocenters. The summed E-state index contributed by atoms with van der Waals surface area (Å²) in [6.07, 6.45) is 0. The molecule has 0 radical (unpaired) electrons. The molecule has 1 rings (SSSR count). The molecular formula is C7H6KNaO5. The smallest absolute Gasteiger partial charge is 1.00 e. The topological polar surface area (TPSA) is 101 Å². The van der Waals surface area contributed by atoms with E-state index in [0.29, 0.717) is 0 Å². The third-order valence-corrected chi connectivity index (χ3v) is 1.31. The molecule has 5 nitrogen and oxygen atoms in total. The Kier molecular flexibility index (Phi) is 8.66. The van der Waals surface area contributed by atoms with Crippen LogP contribution in [0.3, 0.4) is 0 Å². The number of carbonyl (C=O) groups is 1. The van der Waals surface area contributed by atoms with Crippen molar-refractivity contribution in [2.45, 2.75) is 0 Å². The maximum atomic E-state index is 10.2. The van der Waals surface area contributed by atoms with Gasteiger partial charge in [0, 0.05) is 5.56 Å². The van der Waals surface area contributed by atoms with Crippen molar-refractivity contribution in [3.63, 3.8) is 0 Å². The van der Waals surface area contributed by atoms with Gasteiger partial charge in [0.25, 0.3) is 0 Å². The summed E-state index contributed by atoms with van der Waals surface area (Å²) >= 11 is 0. The molecule has 0 spiro atoms. The van der Waals surface area contributed by atoms with E-state index in [9.17, 15) is 9.90 Å². The van der Waals surface area contributed by atoms with Gasteiger partial charge in [-0.2, -0.15) is 0 Å². The van der Waals surface area contributed by atoms with Gasteiger partial charge < -0.3 is 26.6 Å². The first kappa shape index (κ1) is 17.1. The molecule has 0 aliphatic carbocycles. The van der Waals surface area contributed by atoms with Crippen LogP contribution in [0.2, 0.25) is 0 Å². The summed E-state index contributed by atoms with van der Waals surface area (Å²) in [5, 5.41) is 36.7. The predicted octanol–water partition coefficient (Wildman–Crippen LogP) is -6.71. The minimum Gasteiger partial charge on any atom is -1.00 e. The van der Waals surface area contributed by atoms with Crippen LogP contribution in [-0.2, 0) is 0 Å². The van der Waals surface area contributed by atoms with Crippen LogP contribution in [0.4, 0.5) is 0 Å². The van der Waals surface area contributed by atoms with Crippen molar-refractivity contribution in [1.29, 1.82) is 0 Å². The fraction of sp³-hybridized carbons (Fsp3) is 0. The third-order valence-electron chi connectivity index (χ3n) is 1.31. The zero-order chi connectivity index (χ0) is 9.30. The summed E-state index contributed by atoms with van der Waals surface area (Å²) in [5.41, 5.74) is -0.400. The van der Waals surface area contributed by atoms with Crippen LogP contribution < -0.4 is 86.0 Å². The van der Waals surface area contributed by atoms with E-state index in [4.69, 9.17) is 15.3 Å². The second-order valence-corrected chi connectivity index (χ2v) is 2.15. The molecule has 14 heavy (non-hydrogen) atoms. The normalized spacial score (nSPS) is 8.29. The number of benzene rings is 1. The fourth-order valence-corrected chi connectivity index (χ4v) is 0.722. The molecule has 0 fully saturated rings. The molecule has 0 bridgehead atoms. The molecule has 0 amide bonds. The van der Waals surface area contributed by atoms with Crippen LogP contribution in [0, 0.1) is 0 Å². The van der Waals surface area contributed by atoms with E-state index >= 15 is 0 Å². The zero-order valence-electron chi connectivity index (χ0n) is 8.81. The Labute approximate surface area is 146 Å². The van der Waals surface area contributed by atoms with E-state index in [0.717, 1.165) is 12.1 Å². The molecule has 0 saturated heterocycles.